The van der Waals surface area contributed by atoms with Crippen molar-refractivity contribution in [1.82, 2.24) is 5.32 Å². The van der Waals surface area contributed by atoms with E-state index in [2.05, 4.69) is 11.4 Å². The van der Waals surface area contributed by atoms with Crippen LogP contribution >= 0.6 is 23.2 Å². The van der Waals surface area contributed by atoms with E-state index in [1.165, 1.54) is 17.7 Å². The Bertz CT molecular complexity index is 1320. The maximum atomic E-state index is 12.9. The van der Waals surface area contributed by atoms with E-state index in [1.54, 1.807) is 6.07 Å². The van der Waals surface area contributed by atoms with Gasteiger partial charge in [0.2, 0.25) is 0 Å². The molecule has 0 aromatic heterocycles. The summed E-state index contributed by atoms with van der Waals surface area (Å²) in [6, 6.07) is 13.6. The lowest BCUT2D eigenvalue weighted by atomic mass is 9.89. The average Bonchev–Trinajstić information content (AvgIpc) is 2.88. The molecule has 6 nitrogen and oxygen atoms in total. The largest absolute Gasteiger partial charge is 0.493 e. The van der Waals surface area contributed by atoms with E-state index >= 15 is 0 Å². The second kappa shape index (κ2) is 10.4. The first kappa shape index (κ1) is 24.5. The van der Waals surface area contributed by atoms with Gasteiger partial charge in [-0.3, -0.25) is 4.79 Å². The lowest BCUT2D eigenvalue weighted by Crippen LogP contribution is -2.42. The topological polar surface area (TPSA) is 84.9 Å². The van der Waals surface area contributed by atoms with Crippen LogP contribution in [-0.4, -0.2) is 36.2 Å². The number of hydrogen-bond acceptors (Lipinski definition) is 4. The molecular formula is C28H25Cl2NO5. The van der Waals surface area contributed by atoms with Crippen LogP contribution in [0, 0.1) is 0 Å². The van der Waals surface area contributed by atoms with Crippen molar-refractivity contribution in [2.75, 3.05) is 13.2 Å². The van der Waals surface area contributed by atoms with Gasteiger partial charge in [0, 0.05) is 17.5 Å². The fraction of sp³-hybridized carbons (Fsp3) is 0.286. The van der Waals surface area contributed by atoms with Crippen molar-refractivity contribution in [2.24, 2.45) is 0 Å². The monoisotopic (exact) mass is 525 g/mol. The molecule has 0 bridgehead atoms. The van der Waals surface area contributed by atoms with Crippen molar-refractivity contribution in [1.29, 1.82) is 0 Å². The molecule has 0 aliphatic carbocycles. The molecule has 3 aromatic rings. The van der Waals surface area contributed by atoms with Crippen molar-refractivity contribution < 1.29 is 24.2 Å². The van der Waals surface area contributed by atoms with Crippen LogP contribution in [0.1, 0.15) is 39.9 Å². The zero-order valence-corrected chi connectivity index (χ0v) is 21.0. The summed E-state index contributed by atoms with van der Waals surface area (Å²) in [6.07, 6.45) is 3.64. The van der Waals surface area contributed by atoms with Crippen molar-refractivity contribution in [2.45, 2.75) is 38.1 Å². The molecule has 2 heterocycles. The van der Waals surface area contributed by atoms with Crippen LogP contribution in [0.15, 0.2) is 48.5 Å². The molecule has 0 radical (unpaired) electrons. The maximum Gasteiger partial charge on any atom is 0.326 e. The molecule has 2 N–H and O–H groups in total. The molecule has 2 aliphatic rings. The maximum absolute atomic E-state index is 12.9. The second-order valence-electron chi connectivity index (χ2n) is 8.94. The third-order valence-electron chi connectivity index (χ3n) is 6.62. The van der Waals surface area contributed by atoms with Gasteiger partial charge in [0.05, 0.1) is 28.8 Å². The number of hydrogen-bond donors (Lipinski definition) is 2. The average molecular weight is 526 g/mol. The van der Waals surface area contributed by atoms with Crippen LogP contribution in [0.4, 0.5) is 0 Å². The van der Waals surface area contributed by atoms with E-state index in [4.69, 9.17) is 32.7 Å². The third kappa shape index (κ3) is 4.75. The van der Waals surface area contributed by atoms with E-state index in [0.717, 1.165) is 59.4 Å². The molecule has 0 fully saturated rings. The molecule has 2 aliphatic heterocycles. The number of ether oxygens (including phenoxy) is 2. The molecule has 0 saturated carbocycles. The Morgan fingerprint density at radius 1 is 0.889 bits per heavy atom. The molecule has 186 valence electrons. The molecule has 0 unspecified atom stereocenters. The highest BCUT2D eigenvalue weighted by Gasteiger charge is 2.28. The van der Waals surface area contributed by atoms with Crippen LogP contribution in [0.5, 0.6) is 11.5 Å². The Kier molecular flexibility index (Phi) is 7.08. The first-order chi connectivity index (χ1) is 17.4. The highest BCUT2D eigenvalue weighted by molar-refractivity contribution is 6.39. The summed E-state index contributed by atoms with van der Waals surface area (Å²) >= 11 is 12.3. The predicted molar refractivity (Wildman–Crippen MR) is 139 cm³/mol. The number of carboxylic acids is 1. The van der Waals surface area contributed by atoms with Gasteiger partial charge >= 0.3 is 5.97 Å². The predicted octanol–water partition coefficient (Wildman–Crippen LogP) is 5.74. The van der Waals surface area contributed by atoms with Crippen LogP contribution in [0.25, 0.3) is 11.1 Å². The van der Waals surface area contributed by atoms with E-state index in [1.807, 2.05) is 24.3 Å². The summed E-state index contributed by atoms with van der Waals surface area (Å²) in [7, 11) is 0. The molecule has 1 amide bonds. The summed E-state index contributed by atoms with van der Waals surface area (Å²) in [4.78, 5) is 25.0. The number of halogens is 2. The van der Waals surface area contributed by atoms with Crippen molar-refractivity contribution >= 4 is 35.1 Å². The van der Waals surface area contributed by atoms with Gasteiger partial charge in [-0.1, -0.05) is 59.6 Å². The lowest BCUT2D eigenvalue weighted by molar-refractivity contribution is -0.139. The van der Waals surface area contributed by atoms with Gasteiger partial charge in [0.25, 0.3) is 5.91 Å². The fourth-order valence-electron chi connectivity index (χ4n) is 4.90. The Morgan fingerprint density at radius 2 is 1.56 bits per heavy atom. The van der Waals surface area contributed by atoms with Gasteiger partial charge in [0.15, 0.2) is 0 Å². The van der Waals surface area contributed by atoms with Crippen LogP contribution in [0.2, 0.25) is 10.0 Å². The van der Waals surface area contributed by atoms with Crippen LogP contribution in [-0.2, 0) is 24.1 Å². The standard InChI is InChI=1S/C28H25Cl2NO5/c29-21-9-2-10-22(30)24(21)27(32)31-23(28(33)34)15-17-11-12-20(26-18(17)8-4-14-36-26)19-7-1-5-16-6-3-13-35-25(16)19/h1-2,5,7,9-12,23H,3-4,6,8,13-15H2,(H,31,32)(H,33,34)/t23-/m0/s1. The van der Waals surface area contributed by atoms with Crippen molar-refractivity contribution in [3.05, 3.63) is 80.8 Å². The molecule has 1 atom stereocenters. The Balaban J connectivity index is 1.48. The second-order valence-corrected chi connectivity index (χ2v) is 9.76. The quantitative estimate of drug-likeness (QED) is 0.428. The number of rotatable bonds is 6. The van der Waals surface area contributed by atoms with Gasteiger partial charge in [-0.2, -0.15) is 0 Å². The number of amides is 1. The Hall–Kier alpha value is -3.22. The number of para-hydroxylation sites is 1. The van der Waals surface area contributed by atoms with Crippen molar-refractivity contribution in [3.63, 3.8) is 0 Å². The van der Waals surface area contributed by atoms with E-state index in [0.29, 0.717) is 13.2 Å². The number of carbonyl (C=O) groups is 2. The van der Waals surface area contributed by atoms with Gasteiger partial charge in [-0.05, 0) is 54.5 Å². The highest BCUT2D eigenvalue weighted by atomic mass is 35.5. The van der Waals surface area contributed by atoms with Crippen molar-refractivity contribution in [3.8, 4) is 22.6 Å². The summed E-state index contributed by atoms with van der Waals surface area (Å²) in [5, 5.41) is 12.8. The van der Waals surface area contributed by atoms with Gasteiger partial charge < -0.3 is 19.9 Å². The minimum atomic E-state index is -1.17. The zero-order valence-electron chi connectivity index (χ0n) is 19.5. The SMILES string of the molecule is O=C(N[C@@H](Cc1ccc(-c2cccc3c2OCCC3)c2c1CCCO2)C(=O)O)c1c(Cl)cccc1Cl. The summed E-state index contributed by atoms with van der Waals surface area (Å²) in [6.45, 7) is 1.27. The van der Waals surface area contributed by atoms with Gasteiger partial charge in [-0.25, -0.2) is 4.79 Å². The number of carboxylic acid groups (broad SMARTS) is 1. The smallest absolute Gasteiger partial charge is 0.326 e. The summed E-state index contributed by atoms with van der Waals surface area (Å²) < 4.78 is 12.2. The van der Waals surface area contributed by atoms with Crippen LogP contribution in [0.3, 0.4) is 0 Å². The Morgan fingerprint density at radius 3 is 2.31 bits per heavy atom. The third-order valence-corrected chi connectivity index (χ3v) is 7.25. The van der Waals surface area contributed by atoms with E-state index < -0.39 is 17.9 Å². The lowest BCUT2D eigenvalue weighted by Gasteiger charge is -2.27. The minimum absolute atomic E-state index is 0.0571. The highest BCUT2D eigenvalue weighted by Crippen LogP contribution is 2.44. The number of carbonyl (C=O) groups excluding carboxylic acids is 1. The number of aliphatic carboxylic acids is 1. The number of aryl methyl sites for hydroxylation is 1. The first-order valence-electron chi connectivity index (χ1n) is 11.9. The minimum Gasteiger partial charge on any atom is -0.493 e. The van der Waals surface area contributed by atoms with Gasteiger partial charge in [0.1, 0.15) is 17.5 Å². The van der Waals surface area contributed by atoms with E-state index in [-0.39, 0.29) is 22.0 Å². The number of fused-ring (bicyclic) bond motifs is 2. The molecular weight excluding hydrogens is 501 g/mol. The molecule has 0 saturated heterocycles. The molecule has 3 aromatic carbocycles. The first-order valence-corrected chi connectivity index (χ1v) is 12.7. The molecule has 0 spiro atoms. The Labute approximate surface area is 219 Å². The number of nitrogens with one attached hydrogen (secondary N) is 1. The van der Waals surface area contributed by atoms with Gasteiger partial charge in [-0.15, -0.1) is 0 Å². The fourth-order valence-corrected chi connectivity index (χ4v) is 5.47. The normalized spacial score (nSPS) is 15.1. The molecule has 8 heteroatoms. The van der Waals surface area contributed by atoms with Crippen LogP contribution < -0.4 is 14.8 Å². The summed E-state index contributed by atoms with van der Waals surface area (Å²) in [5.74, 6) is -0.134. The molecule has 36 heavy (non-hydrogen) atoms. The summed E-state index contributed by atoms with van der Waals surface area (Å²) in [5.41, 5.74) is 4.93. The molecule has 5 rings (SSSR count). The van der Waals surface area contributed by atoms with E-state index in [9.17, 15) is 14.7 Å². The number of benzene rings is 3. The zero-order chi connectivity index (χ0) is 25.2.